The third-order valence-electron chi connectivity index (χ3n) is 5.26. The Morgan fingerprint density at radius 1 is 1.30 bits per heavy atom. The first-order valence-corrected chi connectivity index (χ1v) is 9.30. The minimum absolute atomic E-state index is 0.0382. The summed E-state index contributed by atoms with van der Waals surface area (Å²) in [6.07, 6.45) is 4.03. The predicted octanol–water partition coefficient (Wildman–Crippen LogP) is 3.91. The number of nitrogens with one attached hydrogen (secondary N) is 1. The quantitative estimate of drug-likeness (QED) is 0.714. The van der Waals surface area contributed by atoms with Gasteiger partial charge in [0.05, 0.1) is 19.4 Å². The van der Waals surface area contributed by atoms with Crippen molar-refractivity contribution in [2.45, 2.75) is 25.8 Å². The number of benzene rings is 1. The molecule has 1 amide bonds. The third-order valence-corrected chi connectivity index (χ3v) is 5.26. The Labute approximate surface area is 158 Å². The van der Waals surface area contributed by atoms with Gasteiger partial charge in [0.15, 0.2) is 5.76 Å². The summed E-state index contributed by atoms with van der Waals surface area (Å²) < 4.78 is 16.7. The maximum absolute atomic E-state index is 12.8. The van der Waals surface area contributed by atoms with Crippen molar-refractivity contribution in [3.8, 4) is 5.75 Å². The monoisotopic (exact) mass is 368 g/mol. The lowest BCUT2D eigenvalue weighted by atomic mass is 10.1. The van der Waals surface area contributed by atoms with Gasteiger partial charge in [-0.15, -0.1) is 0 Å². The van der Waals surface area contributed by atoms with Crippen LogP contribution in [0.3, 0.4) is 0 Å². The van der Waals surface area contributed by atoms with Crippen LogP contribution in [0.1, 0.15) is 40.8 Å². The van der Waals surface area contributed by atoms with Crippen molar-refractivity contribution < 1.29 is 18.4 Å². The first-order valence-electron chi connectivity index (χ1n) is 9.30. The molecule has 2 aromatic heterocycles. The summed E-state index contributed by atoms with van der Waals surface area (Å²) in [5.74, 6) is 1.75. The largest absolute Gasteiger partial charge is 0.497 e. The smallest absolute Gasteiger partial charge is 0.287 e. The SMILES string of the molecule is COc1ccc2oc(C(=O)NC[C@@H](c3ccco3)N3CCCC3)c(C)c2c1. The van der Waals surface area contributed by atoms with Crippen LogP contribution in [0, 0.1) is 6.92 Å². The molecule has 27 heavy (non-hydrogen) atoms. The van der Waals surface area contributed by atoms with Crippen molar-refractivity contribution in [1.29, 1.82) is 0 Å². The molecule has 0 bridgehead atoms. The number of carbonyl (C=O) groups is 1. The number of nitrogens with zero attached hydrogens (tertiary/aromatic N) is 1. The van der Waals surface area contributed by atoms with Gasteiger partial charge < -0.3 is 18.9 Å². The second-order valence-electron chi connectivity index (χ2n) is 6.90. The highest BCUT2D eigenvalue weighted by Gasteiger charge is 2.27. The van der Waals surface area contributed by atoms with Crippen LogP contribution in [0.4, 0.5) is 0 Å². The summed E-state index contributed by atoms with van der Waals surface area (Å²) in [7, 11) is 1.62. The van der Waals surface area contributed by atoms with E-state index in [1.807, 2.05) is 37.3 Å². The Kier molecular flexibility index (Phi) is 4.90. The Balaban J connectivity index is 1.52. The number of amides is 1. The molecule has 1 atom stereocenters. The minimum atomic E-state index is -0.210. The van der Waals surface area contributed by atoms with Gasteiger partial charge in [-0.1, -0.05) is 0 Å². The fraction of sp³-hybridized carbons (Fsp3) is 0.381. The van der Waals surface area contributed by atoms with Crippen LogP contribution in [-0.2, 0) is 0 Å². The van der Waals surface area contributed by atoms with Gasteiger partial charge in [0.25, 0.3) is 5.91 Å². The second-order valence-corrected chi connectivity index (χ2v) is 6.90. The topological polar surface area (TPSA) is 67.8 Å². The maximum Gasteiger partial charge on any atom is 0.287 e. The van der Waals surface area contributed by atoms with Crippen LogP contribution in [0.5, 0.6) is 5.75 Å². The highest BCUT2D eigenvalue weighted by molar-refractivity contribution is 5.99. The van der Waals surface area contributed by atoms with Crippen molar-refractivity contribution in [2.75, 3.05) is 26.7 Å². The fourth-order valence-corrected chi connectivity index (χ4v) is 3.76. The average molecular weight is 368 g/mol. The van der Waals surface area contributed by atoms with E-state index >= 15 is 0 Å². The zero-order valence-electron chi connectivity index (χ0n) is 15.7. The number of likely N-dealkylation sites (tertiary alicyclic amines) is 1. The molecule has 142 valence electrons. The molecule has 0 saturated carbocycles. The van der Waals surface area contributed by atoms with Gasteiger partial charge in [0.1, 0.15) is 17.1 Å². The van der Waals surface area contributed by atoms with E-state index in [9.17, 15) is 4.79 Å². The van der Waals surface area contributed by atoms with Gasteiger partial charge in [-0.3, -0.25) is 9.69 Å². The fourth-order valence-electron chi connectivity index (χ4n) is 3.76. The molecule has 1 saturated heterocycles. The maximum atomic E-state index is 12.8. The summed E-state index contributed by atoms with van der Waals surface area (Å²) in [4.78, 5) is 15.1. The molecule has 3 heterocycles. The van der Waals surface area contributed by atoms with E-state index in [2.05, 4.69) is 10.2 Å². The normalized spacial score (nSPS) is 15.9. The minimum Gasteiger partial charge on any atom is -0.497 e. The molecule has 1 aromatic carbocycles. The number of methoxy groups -OCH3 is 1. The van der Waals surface area contributed by atoms with Gasteiger partial charge in [-0.2, -0.15) is 0 Å². The third kappa shape index (κ3) is 3.45. The first-order chi connectivity index (χ1) is 13.2. The predicted molar refractivity (Wildman–Crippen MR) is 102 cm³/mol. The highest BCUT2D eigenvalue weighted by Crippen LogP contribution is 2.29. The molecule has 0 aliphatic carbocycles. The van der Waals surface area contributed by atoms with Crippen LogP contribution in [-0.4, -0.2) is 37.6 Å². The number of fused-ring (bicyclic) bond motifs is 1. The summed E-state index contributed by atoms with van der Waals surface area (Å²) >= 11 is 0. The van der Waals surface area contributed by atoms with Gasteiger partial charge in [0.2, 0.25) is 0 Å². The van der Waals surface area contributed by atoms with Crippen molar-refractivity contribution in [3.63, 3.8) is 0 Å². The molecule has 1 aliphatic rings. The van der Waals surface area contributed by atoms with E-state index in [1.165, 1.54) is 12.8 Å². The summed E-state index contributed by atoms with van der Waals surface area (Å²) in [6.45, 7) is 4.41. The Bertz CT molecular complexity index is 923. The van der Waals surface area contributed by atoms with E-state index < -0.39 is 0 Å². The summed E-state index contributed by atoms with van der Waals surface area (Å²) in [6, 6.07) is 9.43. The lowest BCUT2D eigenvalue weighted by Gasteiger charge is -2.25. The summed E-state index contributed by atoms with van der Waals surface area (Å²) in [5, 5.41) is 3.92. The number of hydrogen-bond acceptors (Lipinski definition) is 5. The molecule has 3 aromatic rings. The van der Waals surface area contributed by atoms with Gasteiger partial charge >= 0.3 is 0 Å². The van der Waals surface area contributed by atoms with Crippen molar-refractivity contribution in [3.05, 3.63) is 53.7 Å². The summed E-state index contributed by atoms with van der Waals surface area (Å²) in [5.41, 5.74) is 1.50. The van der Waals surface area contributed by atoms with Crippen LogP contribution in [0.25, 0.3) is 11.0 Å². The Morgan fingerprint density at radius 2 is 2.11 bits per heavy atom. The molecule has 0 spiro atoms. The molecule has 1 fully saturated rings. The lowest BCUT2D eigenvalue weighted by Crippen LogP contribution is -2.36. The molecular weight excluding hydrogens is 344 g/mol. The number of ether oxygens (including phenoxy) is 1. The van der Waals surface area contributed by atoms with E-state index in [-0.39, 0.29) is 11.9 Å². The number of rotatable bonds is 6. The number of aryl methyl sites for hydroxylation is 1. The van der Waals surface area contributed by atoms with E-state index in [0.717, 1.165) is 35.5 Å². The van der Waals surface area contributed by atoms with Crippen LogP contribution in [0.15, 0.2) is 45.4 Å². The van der Waals surface area contributed by atoms with Crippen molar-refractivity contribution >= 4 is 16.9 Å². The van der Waals surface area contributed by atoms with Crippen molar-refractivity contribution in [2.24, 2.45) is 0 Å². The van der Waals surface area contributed by atoms with Crippen LogP contribution in [0.2, 0.25) is 0 Å². The zero-order chi connectivity index (χ0) is 18.8. The molecule has 1 N–H and O–H groups in total. The molecule has 4 rings (SSSR count). The molecule has 0 unspecified atom stereocenters. The van der Waals surface area contributed by atoms with Gasteiger partial charge in [-0.05, 0) is 63.2 Å². The molecule has 6 nitrogen and oxygen atoms in total. The standard InChI is InChI=1S/C21H24N2O4/c1-14-16-12-15(25-2)7-8-18(16)27-20(14)21(24)22-13-17(19-6-5-11-26-19)23-9-3-4-10-23/h5-8,11-12,17H,3-4,9-10,13H2,1-2H3,(H,22,24)/t17-/m0/s1. The first kappa shape index (κ1) is 17.7. The Morgan fingerprint density at radius 3 is 2.81 bits per heavy atom. The van der Waals surface area contributed by atoms with E-state index in [0.29, 0.717) is 17.9 Å². The molecule has 1 aliphatic heterocycles. The van der Waals surface area contributed by atoms with Crippen LogP contribution < -0.4 is 10.1 Å². The van der Waals surface area contributed by atoms with Crippen LogP contribution >= 0.6 is 0 Å². The highest BCUT2D eigenvalue weighted by atomic mass is 16.5. The number of carbonyl (C=O) groups excluding carboxylic acids is 1. The van der Waals surface area contributed by atoms with Gasteiger partial charge in [0, 0.05) is 17.5 Å². The molecular formula is C21H24N2O4. The zero-order valence-corrected chi connectivity index (χ0v) is 15.7. The molecule has 6 heteroatoms. The molecule has 0 radical (unpaired) electrons. The number of furan rings is 2. The Hall–Kier alpha value is -2.73. The average Bonchev–Trinajstić information content (AvgIpc) is 3.44. The van der Waals surface area contributed by atoms with Gasteiger partial charge in [-0.25, -0.2) is 0 Å². The van der Waals surface area contributed by atoms with Crippen molar-refractivity contribution in [1.82, 2.24) is 10.2 Å². The van der Waals surface area contributed by atoms with E-state index in [4.69, 9.17) is 13.6 Å². The van der Waals surface area contributed by atoms with E-state index in [1.54, 1.807) is 13.4 Å². The second kappa shape index (κ2) is 7.48. The lowest BCUT2D eigenvalue weighted by molar-refractivity contribution is 0.0907. The number of hydrogen-bond donors (Lipinski definition) is 1.